The van der Waals surface area contributed by atoms with Gasteiger partial charge in [0.25, 0.3) is 0 Å². The zero-order valence-electron chi connectivity index (χ0n) is 15.2. The third-order valence-electron chi connectivity index (χ3n) is 5.73. The highest BCUT2D eigenvalue weighted by Gasteiger charge is 2.33. The average molecular weight is 362 g/mol. The topological polar surface area (TPSA) is 9.23 Å². The maximum Gasteiger partial charge on any atom is 0.417 e. The van der Waals surface area contributed by atoms with E-state index in [9.17, 15) is 13.2 Å². The van der Waals surface area contributed by atoms with E-state index >= 15 is 0 Å². The monoisotopic (exact) mass is 362 g/mol. The fourth-order valence-electron chi connectivity index (χ4n) is 4.03. The molecule has 1 aliphatic carbocycles. The molecule has 3 rings (SSSR count). The predicted octanol–water partition coefficient (Wildman–Crippen LogP) is 6.68. The van der Waals surface area contributed by atoms with Gasteiger partial charge in [0.1, 0.15) is 0 Å². The lowest BCUT2D eigenvalue weighted by atomic mass is 9.77. The SMILES string of the molecule is COC(C)[C@H]1CC[C@H](c2ccc(-c3ccccc3C(F)(F)F)cc2)CC1. The Bertz CT molecular complexity index is 713. The third-order valence-corrected chi connectivity index (χ3v) is 5.73. The van der Waals surface area contributed by atoms with Crippen molar-refractivity contribution >= 4 is 0 Å². The van der Waals surface area contributed by atoms with Crippen LogP contribution in [0.2, 0.25) is 0 Å². The summed E-state index contributed by atoms with van der Waals surface area (Å²) in [6, 6.07) is 13.4. The van der Waals surface area contributed by atoms with E-state index in [1.54, 1.807) is 13.2 Å². The van der Waals surface area contributed by atoms with Gasteiger partial charge in [0, 0.05) is 7.11 Å². The van der Waals surface area contributed by atoms with E-state index in [4.69, 9.17) is 4.74 Å². The molecule has 2 aromatic rings. The highest BCUT2D eigenvalue weighted by atomic mass is 19.4. The summed E-state index contributed by atoms with van der Waals surface area (Å²) in [6.07, 6.45) is 0.438. The minimum atomic E-state index is -4.34. The van der Waals surface area contributed by atoms with Crippen LogP contribution in [0.4, 0.5) is 13.2 Å². The minimum Gasteiger partial charge on any atom is -0.381 e. The van der Waals surface area contributed by atoms with Gasteiger partial charge in [0.15, 0.2) is 0 Å². The first-order valence-corrected chi connectivity index (χ1v) is 9.19. The summed E-state index contributed by atoms with van der Waals surface area (Å²) in [4.78, 5) is 0. The maximum absolute atomic E-state index is 13.2. The molecule has 0 saturated heterocycles. The van der Waals surface area contributed by atoms with Crippen LogP contribution in [0.15, 0.2) is 48.5 Å². The number of alkyl halides is 3. The summed E-state index contributed by atoms with van der Waals surface area (Å²) in [5.74, 6) is 1.09. The molecule has 0 aromatic heterocycles. The van der Waals surface area contributed by atoms with E-state index < -0.39 is 11.7 Å². The quantitative estimate of drug-likeness (QED) is 0.589. The van der Waals surface area contributed by atoms with Crippen LogP contribution in [0, 0.1) is 5.92 Å². The third kappa shape index (κ3) is 4.12. The second-order valence-corrected chi connectivity index (χ2v) is 7.22. The standard InChI is InChI=1S/C22H25F3O/c1-15(26-2)16-7-9-17(10-8-16)18-11-13-19(14-12-18)20-5-3-4-6-21(20)22(23,24)25/h3-6,11-17H,7-10H2,1-2H3/t15?,16-,17-. The second kappa shape index (κ2) is 7.83. The molecule has 1 nitrogen and oxygen atoms in total. The molecule has 2 aromatic carbocycles. The molecule has 0 amide bonds. The van der Waals surface area contributed by atoms with Crippen molar-refractivity contribution in [1.82, 2.24) is 0 Å². The predicted molar refractivity (Wildman–Crippen MR) is 98.1 cm³/mol. The van der Waals surface area contributed by atoms with Crippen molar-refractivity contribution in [2.24, 2.45) is 5.92 Å². The summed E-state index contributed by atoms with van der Waals surface area (Å²) in [5, 5.41) is 0. The van der Waals surface area contributed by atoms with Crippen molar-refractivity contribution < 1.29 is 17.9 Å². The Morgan fingerprint density at radius 3 is 2.12 bits per heavy atom. The van der Waals surface area contributed by atoms with Crippen molar-refractivity contribution in [3.63, 3.8) is 0 Å². The van der Waals surface area contributed by atoms with Gasteiger partial charge in [0.2, 0.25) is 0 Å². The number of methoxy groups -OCH3 is 1. The van der Waals surface area contributed by atoms with E-state index in [0.717, 1.165) is 31.7 Å². The van der Waals surface area contributed by atoms with Crippen LogP contribution in [-0.4, -0.2) is 13.2 Å². The molecule has 0 N–H and O–H groups in total. The van der Waals surface area contributed by atoms with Gasteiger partial charge in [-0.05, 0) is 67.2 Å². The van der Waals surface area contributed by atoms with Crippen molar-refractivity contribution in [2.75, 3.05) is 7.11 Å². The van der Waals surface area contributed by atoms with Crippen molar-refractivity contribution in [1.29, 1.82) is 0 Å². The first kappa shape index (κ1) is 19.0. The van der Waals surface area contributed by atoms with Gasteiger partial charge in [0.05, 0.1) is 11.7 Å². The van der Waals surface area contributed by atoms with Gasteiger partial charge < -0.3 is 4.74 Å². The fraction of sp³-hybridized carbons (Fsp3) is 0.455. The van der Waals surface area contributed by atoms with Gasteiger partial charge in [-0.2, -0.15) is 13.2 Å². The molecular weight excluding hydrogens is 337 g/mol. The van der Waals surface area contributed by atoms with Gasteiger partial charge >= 0.3 is 6.18 Å². The number of ether oxygens (including phenoxy) is 1. The Kier molecular flexibility index (Phi) is 5.71. The summed E-state index contributed by atoms with van der Waals surface area (Å²) < 4.78 is 45.1. The van der Waals surface area contributed by atoms with E-state index in [1.807, 2.05) is 24.3 Å². The number of benzene rings is 2. The van der Waals surface area contributed by atoms with Gasteiger partial charge in [-0.3, -0.25) is 0 Å². The Morgan fingerprint density at radius 2 is 1.54 bits per heavy atom. The summed E-state index contributed by atoms with van der Waals surface area (Å²) in [7, 11) is 1.76. The molecule has 1 atom stereocenters. The fourth-order valence-corrected chi connectivity index (χ4v) is 4.03. The lowest BCUT2D eigenvalue weighted by Gasteiger charge is -2.31. The van der Waals surface area contributed by atoms with Crippen LogP contribution in [0.25, 0.3) is 11.1 Å². The molecule has 1 fully saturated rings. The summed E-state index contributed by atoms with van der Waals surface area (Å²) in [5.41, 5.74) is 1.50. The van der Waals surface area contributed by atoms with Crippen LogP contribution in [0.3, 0.4) is 0 Å². The van der Waals surface area contributed by atoms with Crippen LogP contribution in [0.1, 0.15) is 49.7 Å². The molecule has 140 valence electrons. The highest BCUT2D eigenvalue weighted by Crippen LogP contribution is 2.40. The van der Waals surface area contributed by atoms with Gasteiger partial charge in [-0.15, -0.1) is 0 Å². The first-order chi connectivity index (χ1) is 12.4. The molecule has 1 aliphatic rings. The molecule has 4 heteroatoms. The van der Waals surface area contributed by atoms with Crippen LogP contribution in [-0.2, 0) is 10.9 Å². The smallest absolute Gasteiger partial charge is 0.381 e. The van der Waals surface area contributed by atoms with E-state index in [1.165, 1.54) is 17.7 Å². The van der Waals surface area contributed by atoms with Gasteiger partial charge in [-0.25, -0.2) is 0 Å². The summed E-state index contributed by atoms with van der Waals surface area (Å²) in [6.45, 7) is 2.12. The molecule has 1 unspecified atom stereocenters. The number of hydrogen-bond donors (Lipinski definition) is 0. The molecular formula is C22H25F3O. The average Bonchev–Trinajstić information content (AvgIpc) is 2.67. The molecule has 0 radical (unpaired) electrons. The molecule has 0 bridgehead atoms. The number of rotatable bonds is 4. The van der Waals surface area contributed by atoms with Crippen LogP contribution in [0.5, 0.6) is 0 Å². The Balaban J connectivity index is 1.75. The highest BCUT2D eigenvalue weighted by molar-refractivity contribution is 5.68. The summed E-state index contributed by atoms with van der Waals surface area (Å²) >= 11 is 0. The van der Waals surface area contributed by atoms with E-state index in [0.29, 0.717) is 17.4 Å². The number of halogens is 3. The molecule has 0 aliphatic heterocycles. The molecule has 26 heavy (non-hydrogen) atoms. The Morgan fingerprint density at radius 1 is 0.923 bits per heavy atom. The second-order valence-electron chi connectivity index (χ2n) is 7.22. The zero-order chi connectivity index (χ0) is 18.7. The lowest BCUT2D eigenvalue weighted by molar-refractivity contribution is -0.137. The lowest BCUT2D eigenvalue weighted by Crippen LogP contribution is -2.24. The number of hydrogen-bond acceptors (Lipinski definition) is 1. The maximum atomic E-state index is 13.2. The van der Waals surface area contributed by atoms with Gasteiger partial charge in [-0.1, -0.05) is 42.5 Å². The molecule has 0 spiro atoms. The first-order valence-electron chi connectivity index (χ1n) is 9.19. The normalized spacial score (nSPS) is 22.2. The van der Waals surface area contributed by atoms with Crippen LogP contribution < -0.4 is 0 Å². The minimum absolute atomic E-state index is 0.240. The molecule has 0 heterocycles. The largest absolute Gasteiger partial charge is 0.417 e. The molecule has 1 saturated carbocycles. The van der Waals surface area contributed by atoms with E-state index in [2.05, 4.69) is 6.92 Å². The van der Waals surface area contributed by atoms with Crippen molar-refractivity contribution in [3.8, 4) is 11.1 Å². The van der Waals surface area contributed by atoms with E-state index in [-0.39, 0.29) is 11.7 Å². The Hall–Kier alpha value is -1.81. The van der Waals surface area contributed by atoms with Crippen molar-refractivity contribution in [3.05, 3.63) is 59.7 Å². The Labute approximate surface area is 153 Å². The van der Waals surface area contributed by atoms with Crippen molar-refractivity contribution in [2.45, 2.75) is 50.8 Å². The zero-order valence-corrected chi connectivity index (χ0v) is 15.2. The van der Waals surface area contributed by atoms with Crippen LogP contribution >= 0.6 is 0 Å².